The molecule has 0 aliphatic carbocycles. The van der Waals surface area contributed by atoms with Gasteiger partial charge in [-0.05, 0) is 5.56 Å². The van der Waals surface area contributed by atoms with Crippen LogP contribution in [0.1, 0.15) is 16.1 Å². The molecule has 1 heterocycles. The number of carbonyl (C=O) groups excluding carboxylic acids is 1. The largest absolute Gasteiger partial charge is 0.476 e. The standard InChI is InChI=1S/C13H13N3O4/c1-16-8-14-10(12(17)18)11(16)15-13(19)20-7-9-5-3-2-4-6-9/h2-6,8H,7H2,1H3,(H,15,19)(H,17,18). The van der Waals surface area contributed by atoms with Crippen molar-refractivity contribution in [3.63, 3.8) is 0 Å². The third-order valence-electron chi connectivity index (χ3n) is 2.57. The van der Waals surface area contributed by atoms with Gasteiger partial charge in [-0.25, -0.2) is 14.6 Å². The molecule has 0 aliphatic rings. The van der Waals surface area contributed by atoms with Gasteiger partial charge < -0.3 is 14.4 Å². The molecule has 104 valence electrons. The van der Waals surface area contributed by atoms with Gasteiger partial charge >= 0.3 is 12.1 Å². The summed E-state index contributed by atoms with van der Waals surface area (Å²) in [7, 11) is 1.58. The number of aromatic nitrogens is 2. The monoisotopic (exact) mass is 275 g/mol. The first kappa shape index (κ1) is 13.6. The van der Waals surface area contributed by atoms with Crippen molar-refractivity contribution in [2.75, 3.05) is 5.32 Å². The molecule has 1 aromatic heterocycles. The Balaban J connectivity index is 1.98. The number of rotatable bonds is 4. The fourth-order valence-electron chi connectivity index (χ4n) is 1.59. The van der Waals surface area contributed by atoms with Gasteiger partial charge in [-0.15, -0.1) is 0 Å². The van der Waals surface area contributed by atoms with Crippen molar-refractivity contribution in [2.45, 2.75) is 6.61 Å². The van der Waals surface area contributed by atoms with Gasteiger partial charge in [0.2, 0.25) is 0 Å². The first-order chi connectivity index (χ1) is 9.58. The van der Waals surface area contributed by atoms with Crippen LogP contribution in [0.2, 0.25) is 0 Å². The number of carboxylic acid groups (broad SMARTS) is 1. The van der Waals surface area contributed by atoms with Crippen LogP contribution in [0.5, 0.6) is 0 Å². The molecule has 2 aromatic rings. The number of carboxylic acids is 1. The van der Waals surface area contributed by atoms with Crippen molar-refractivity contribution in [2.24, 2.45) is 7.05 Å². The van der Waals surface area contributed by atoms with E-state index in [0.717, 1.165) is 5.56 Å². The third kappa shape index (κ3) is 3.14. The van der Waals surface area contributed by atoms with Crippen LogP contribution in [-0.2, 0) is 18.4 Å². The van der Waals surface area contributed by atoms with Crippen molar-refractivity contribution < 1.29 is 19.4 Å². The molecular formula is C13H13N3O4. The number of hydrogen-bond acceptors (Lipinski definition) is 4. The van der Waals surface area contributed by atoms with E-state index in [9.17, 15) is 9.59 Å². The highest BCUT2D eigenvalue weighted by molar-refractivity contribution is 5.95. The van der Waals surface area contributed by atoms with Crippen LogP contribution >= 0.6 is 0 Å². The fourth-order valence-corrected chi connectivity index (χ4v) is 1.59. The topological polar surface area (TPSA) is 93.5 Å². The summed E-state index contributed by atoms with van der Waals surface area (Å²) in [5.74, 6) is -1.14. The summed E-state index contributed by atoms with van der Waals surface area (Å²) in [6.45, 7) is 0.104. The minimum Gasteiger partial charge on any atom is -0.476 e. The number of imidazole rings is 1. The SMILES string of the molecule is Cn1cnc(C(=O)O)c1NC(=O)OCc1ccccc1. The van der Waals surface area contributed by atoms with E-state index < -0.39 is 12.1 Å². The Morgan fingerprint density at radius 3 is 2.70 bits per heavy atom. The summed E-state index contributed by atoms with van der Waals surface area (Å²) in [5.41, 5.74) is 0.607. The second-order valence-corrected chi connectivity index (χ2v) is 4.04. The van der Waals surface area contributed by atoms with E-state index in [4.69, 9.17) is 9.84 Å². The first-order valence-electron chi connectivity index (χ1n) is 5.80. The highest BCUT2D eigenvalue weighted by Gasteiger charge is 2.18. The Morgan fingerprint density at radius 1 is 1.35 bits per heavy atom. The van der Waals surface area contributed by atoms with E-state index in [1.165, 1.54) is 10.9 Å². The summed E-state index contributed by atoms with van der Waals surface area (Å²) >= 11 is 0. The van der Waals surface area contributed by atoms with Crippen LogP contribution in [0.15, 0.2) is 36.7 Å². The van der Waals surface area contributed by atoms with Crippen LogP contribution in [0.3, 0.4) is 0 Å². The highest BCUT2D eigenvalue weighted by Crippen LogP contribution is 2.13. The molecule has 0 aliphatic heterocycles. The molecule has 0 saturated heterocycles. The molecule has 2 N–H and O–H groups in total. The zero-order valence-electron chi connectivity index (χ0n) is 10.7. The maximum atomic E-state index is 11.6. The van der Waals surface area contributed by atoms with Gasteiger partial charge in [-0.3, -0.25) is 5.32 Å². The number of nitrogens with one attached hydrogen (secondary N) is 1. The minimum atomic E-state index is -1.22. The van der Waals surface area contributed by atoms with Crippen LogP contribution in [-0.4, -0.2) is 26.7 Å². The van der Waals surface area contributed by atoms with Gasteiger partial charge in [0.05, 0.1) is 6.33 Å². The van der Waals surface area contributed by atoms with E-state index in [0.29, 0.717) is 0 Å². The van der Waals surface area contributed by atoms with Crippen LogP contribution < -0.4 is 5.32 Å². The van der Waals surface area contributed by atoms with Gasteiger partial charge in [-0.2, -0.15) is 0 Å². The molecule has 0 radical (unpaired) electrons. The van der Waals surface area contributed by atoms with Crippen molar-refractivity contribution in [1.82, 2.24) is 9.55 Å². The molecule has 0 unspecified atom stereocenters. The van der Waals surface area contributed by atoms with Crippen molar-refractivity contribution >= 4 is 17.9 Å². The highest BCUT2D eigenvalue weighted by atomic mass is 16.5. The summed E-state index contributed by atoms with van der Waals surface area (Å²) in [6.07, 6.45) is 0.566. The predicted molar refractivity (Wildman–Crippen MR) is 70.4 cm³/mol. The van der Waals surface area contributed by atoms with Crippen LogP contribution in [0, 0.1) is 0 Å². The molecule has 0 atom stereocenters. The quantitative estimate of drug-likeness (QED) is 0.888. The molecule has 0 fully saturated rings. The lowest BCUT2D eigenvalue weighted by molar-refractivity contribution is 0.0692. The van der Waals surface area contributed by atoms with Crippen molar-refractivity contribution in [1.29, 1.82) is 0 Å². The molecule has 1 amide bonds. The number of hydrogen-bond donors (Lipinski definition) is 2. The number of amides is 1. The number of aryl methyl sites for hydroxylation is 1. The van der Waals surface area contributed by atoms with E-state index >= 15 is 0 Å². The van der Waals surface area contributed by atoms with Gasteiger partial charge in [0.25, 0.3) is 0 Å². The Morgan fingerprint density at radius 2 is 2.05 bits per heavy atom. The third-order valence-corrected chi connectivity index (χ3v) is 2.57. The zero-order chi connectivity index (χ0) is 14.5. The van der Waals surface area contributed by atoms with E-state index in [1.807, 2.05) is 30.3 Å². The van der Waals surface area contributed by atoms with E-state index in [2.05, 4.69) is 10.3 Å². The normalized spacial score (nSPS) is 10.1. The molecular weight excluding hydrogens is 262 g/mol. The molecule has 0 saturated carbocycles. The van der Waals surface area contributed by atoms with Gasteiger partial charge in [0.1, 0.15) is 12.4 Å². The van der Waals surface area contributed by atoms with E-state index in [1.54, 1.807) is 7.05 Å². The average Bonchev–Trinajstić information content (AvgIpc) is 2.79. The number of ether oxygens (including phenoxy) is 1. The molecule has 7 nitrogen and oxygen atoms in total. The molecule has 2 rings (SSSR count). The molecule has 20 heavy (non-hydrogen) atoms. The van der Waals surface area contributed by atoms with Gasteiger partial charge in [-0.1, -0.05) is 30.3 Å². The fraction of sp³-hybridized carbons (Fsp3) is 0.154. The summed E-state index contributed by atoms with van der Waals surface area (Å²) < 4.78 is 6.40. The average molecular weight is 275 g/mol. The van der Waals surface area contributed by atoms with Crippen molar-refractivity contribution in [3.05, 3.63) is 47.9 Å². The van der Waals surface area contributed by atoms with Gasteiger partial charge in [0, 0.05) is 7.05 Å². The number of aromatic carboxylic acids is 1. The molecule has 1 aromatic carbocycles. The first-order valence-corrected chi connectivity index (χ1v) is 5.80. The summed E-state index contributed by atoms with van der Waals surface area (Å²) in [6, 6.07) is 9.17. The Bertz CT molecular complexity index is 622. The predicted octanol–water partition coefficient (Wildman–Crippen LogP) is 1.87. The van der Waals surface area contributed by atoms with Crippen LogP contribution in [0.4, 0.5) is 10.6 Å². The summed E-state index contributed by atoms with van der Waals surface area (Å²) in [5, 5.41) is 11.3. The maximum absolute atomic E-state index is 11.6. The van der Waals surface area contributed by atoms with E-state index in [-0.39, 0.29) is 18.1 Å². The number of carbonyl (C=O) groups is 2. The lowest BCUT2D eigenvalue weighted by Gasteiger charge is -2.08. The maximum Gasteiger partial charge on any atom is 0.413 e. The number of anilines is 1. The lowest BCUT2D eigenvalue weighted by atomic mass is 10.2. The lowest BCUT2D eigenvalue weighted by Crippen LogP contribution is -2.17. The molecule has 0 bridgehead atoms. The number of nitrogens with zero attached hydrogens (tertiary/aromatic N) is 2. The zero-order valence-corrected chi connectivity index (χ0v) is 10.7. The number of benzene rings is 1. The van der Waals surface area contributed by atoms with Crippen LogP contribution in [0.25, 0.3) is 0 Å². The second kappa shape index (κ2) is 5.87. The Hall–Kier alpha value is -2.83. The minimum absolute atomic E-state index is 0.0792. The second-order valence-electron chi connectivity index (χ2n) is 4.04. The summed E-state index contributed by atoms with van der Waals surface area (Å²) in [4.78, 5) is 26.3. The van der Waals surface area contributed by atoms with Crippen molar-refractivity contribution in [3.8, 4) is 0 Å². The molecule has 7 heteroatoms. The van der Waals surface area contributed by atoms with Gasteiger partial charge in [0.15, 0.2) is 5.69 Å². The Kier molecular flexibility index (Phi) is 3.99. The Labute approximate surface area is 114 Å². The smallest absolute Gasteiger partial charge is 0.413 e. The molecule has 0 spiro atoms.